The molecule has 90 valence electrons. The van der Waals surface area contributed by atoms with Crippen LogP contribution < -0.4 is 4.90 Å². The summed E-state index contributed by atoms with van der Waals surface area (Å²) in [6.07, 6.45) is 4.03. The molecule has 4 nitrogen and oxygen atoms in total. The maximum absolute atomic E-state index is 4.06. The maximum atomic E-state index is 4.06. The normalized spacial score (nSPS) is 17.8. The molecule has 0 atom stereocenters. The second-order valence-electron chi connectivity index (χ2n) is 4.24. The quantitative estimate of drug-likeness (QED) is 0.824. The van der Waals surface area contributed by atoms with Gasteiger partial charge in [-0.2, -0.15) is 5.10 Å². The van der Waals surface area contributed by atoms with Crippen molar-refractivity contribution in [2.75, 3.05) is 37.3 Å². The number of rotatable bonds is 2. The Morgan fingerprint density at radius 1 is 1.24 bits per heavy atom. The van der Waals surface area contributed by atoms with Gasteiger partial charge in [0.05, 0.1) is 11.7 Å². The molecule has 1 aromatic carbocycles. The molecule has 1 aliphatic heterocycles. The lowest BCUT2D eigenvalue weighted by atomic mass is 10.2. The third-order valence-corrected chi connectivity index (χ3v) is 4.17. The third-order valence-electron chi connectivity index (χ3n) is 3.29. The Morgan fingerprint density at radius 3 is 2.82 bits per heavy atom. The predicted octanol–water partition coefficient (Wildman–Crippen LogP) is 1.96. The molecule has 0 unspecified atom stereocenters. The van der Waals surface area contributed by atoms with Crippen LogP contribution in [0.2, 0.25) is 0 Å². The van der Waals surface area contributed by atoms with Crippen LogP contribution in [0.25, 0.3) is 10.9 Å². The summed E-state index contributed by atoms with van der Waals surface area (Å²) in [4.78, 5) is 2.44. The number of hydrogen-bond donors (Lipinski definition) is 1. The number of hydrogen-bond acceptors (Lipinski definition) is 4. The summed E-state index contributed by atoms with van der Waals surface area (Å²) in [7, 11) is 0. The first kappa shape index (κ1) is 10.9. The van der Waals surface area contributed by atoms with Gasteiger partial charge in [0.2, 0.25) is 0 Å². The monoisotopic (exact) mass is 248 g/mol. The Bertz CT molecular complexity index is 502. The van der Waals surface area contributed by atoms with E-state index < -0.39 is 0 Å². The molecular weight excluding hydrogens is 232 g/mol. The summed E-state index contributed by atoms with van der Waals surface area (Å²) in [5.74, 6) is 0. The fourth-order valence-electron chi connectivity index (χ4n) is 2.26. The van der Waals surface area contributed by atoms with Crippen LogP contribution in [0.4, 0.5) is 5.69 Å². The third kappa shape index (κ3) is 2.12. The molecule has 0 bridgehead atoms. The smallest absolute Gasteiger partial charge is 0.0651 e. The Balaban J connectivity index is 1.79. The van der Waals surface area contributed by atoms with Gasteiger partial charge in [0, 0.05) is 37.3 Å². The molecule has 0 amide bonds. The van der Waals surface area contributed by atoms with Crippen LogP contribution in [0.1, 0.15) is 0 Å². The first-order chi connectivity index (χ1) is 8.36. The molecule has 0 aliphatic carbocycles. The Morgan fingerprint density at radius 2 is 2.06 bits per heavy atom. The van der Waals surface area contributed by atoms with E-state index in [0.29, 0.717) is 0 Å². The van der Waals surface area contributed by atoms with E-state index in [0.717, 1.165) is 31.7 Å². The average molecular weight is 248 g/mol. The van der Waals surface area contributed by atoms with Crippen molar-refractivity contribution in [3.05, 3.63) is 24.4 Å². The Labute approximate surface area is 105 Å². The van der Waals surface area contributed by atoms with Crippen molar-refractivity contribution < 1.29 is 0 Å². The first-order valence-electron chi connectivity index (χ1n) is 5.84. The van der Waals surface area contributed by atoms with Crippen molar-refractivity contribution in [1.29, 1.82) is 0 Å². The fourth-order valence-corrected chi connectivity index (χ4v) is 2.78. The minimum absolute atomic E-state index is 1.10. The summed E-state index contributed by atoms with van der Waals surface area (Å²) in [6.45, 7) is 4.46. The summed E-state index contributed by atoms with van der Waals surface area (Å²) in [5.41, 5.74) is 2.41. The number of anilines is 1. The molecule has 0 radical (unpaired) electrons. The summed E-state index contributed by atoms with van der Waals surface area (Å²) in [6, 6.07) is 6.50. The minimum atomic E-state index is 1.10. The van der Waals surface area contributed by atoms with Crippen molar-refractivity contribution in [2.24, 2.45) is 0 Å². The Hall–Kier alpha value is -1.20. The first-order valence-corrected chi connectivity index (χ1v) is 7.02. The van der Waals surface area contributed by atoms with Crippen molar-refractivity contribution in [3.63, 3.8) is 0 Å². The van der Waals surface area contributed by atoms with Crippen LogP contribution in [0.3, 0.4) is 0 Å². The summed E-state index contributed by atoms with van der Waals surface area (Å²) >= 11 is 1.84. The van der Waals surface area contributed by atoms with Crippen molar-refractivity contribution in [2.45, 2.75) is 0 Å². The molecule has 0 spiro atoms. The van der Waals surface area contributed by atoms with Gasteiger partial charge >= 0.3 is 0 Å². The molecule has 1 fully saturated rings. The molecule has 2 heterocycles. The van der Waals surface area contributed by atoms with E-state index in [1.54, 1.807) is 0 Å². The van der Waals surface area contributed by atoms with Gasteiger partial charge in [0.1, 0.15) is 0 Å². The van der Waals surface area contributed by atoms with Crippen molar-refractivity contribution in [1.82, 2.24) is 14.5 Å². The number of H-pyrrole nitrogens is 1. The predicted molar refractivity (Wildman–Crippen MR) is 73.4 cm³/mol. The number of piperazine rings is 1. The van der Waals surface area contributed by atoms with Crippen LogP contribution in [-0.2, 0) is 0 Å². The molecule has 2 aromatic rings. The topological polar surface area (TPSA) is 35.2 Å². The molecule has 5 heteroatoms. The van der Waals surface area contributed by atoms with Crippen LogP contribution in [0.5, 0.6) is 0 Å². The number of aromatic nitrogens is 2. The van der Waals surface area contributed by atoms with Crippen LogP contribution in [0, 0.1) is 0 Å². The molecule has 3 rings (SSSR count). The van der Waals surface area contributed by atoms with Gasteiger partial charge in [-0.1, -0.05) is 11.9 Å². The molecule has 1 saturated heterocycles. The standard InChI is InChI=1S/C12H16N4S/c1-17-16-6-4-15(5-7-16)11-2-3-12-10(8-11)9-13-14-12/h2-3,8-9H,4-7H2,1H3,(H,13,14). The molecular formula is C12H16N4S. The number of aromatic amines is 1. The summed E-state index contributed by atoms with van der Waals surface area (Å²) < 4.78 is 2.41. The van der Waals surface area contributed by atoms with E-state index in [9.17, 15) is 0 Å². The number of fused-ring (bicyclic) bond motifs is 1. The van der Waals surface area contributed by atoms with Gasteiger partial charge < -0.3 is 4.90 Å². The number of nitrogens with one attached hydrogen (secondary N) is 1. The molecule has 17 heavy (non-hydrogen) atoms. The minimum Gasteiger partial charge on any atom is -0.369 e. The van der Waals surface area contributed by atoms with Crippen LogP contribution in [-0.4, -0.2) is 46.9 Å². The number of benzene rings is 1. The molecule has 1 aromatic heterocycles. The highest BCUT2D eigenvalue weighted by Gasteiger charge is 2.16. The molecule has 1 N–H and O–H groups in total. The van der Waals surface area contributed by atoms with E-state index in [1.165, 1.54) is 11.1 Å². The van der Waals surface area contributed by atoms with Gasteiger partial charge in [-0.3, -0.25) is 5.10 Å². The van der Waals surface area contributed by atoms with Gasteiger partial charge in [0.15, 0.2) is 0 Å². The number of nitrogens with zero attached hydrogens (tertiary/aromatic N) is 3. The second kappa shape index (κ2) is 4.58. The van der Waals surface area contributed by atoms with Crippen LogP contribution >= 0.6 is 11.9 Å². The highest BCUT2D eigenvalue weighted by Crippen LogP contribution is 2.22. The lowest BCUT2D eigenvalue weighted by molar-refractivity contribution is 0.431. The van der Waals surface area contributed by atoms with Gasteiger partial charge in [-0.25, -0.2) is 4.31 Å². The van der Waals surface area contributed by atoms with E-state index in [4.69, 9.17) is 0 Å². The van der Waals surface area contributed by atoms with E-state index >= 15 is 0 Å². The molecule has 1 aliphatic rings. The SMILES string of the molecule is CSN1CCN(c2ccc3[nH]ncc3c2)CC1. The largest absolute Gasteiger partial charge is 0.369 e. The highest BCUT2D eigenvalue weighted by atomic mass is 32.2. The molecule has 0 saturated carbocycles. The average Bonchev–Trinajstić information content (AvgIpc) is 2.86. The zero-order valence-corrected chi connectivity index (χ0v) is 10.7. The van der Waals surface area contributed by atoms with Crippen molar-refractivity contribution >= 4 is 28.5 Å². The van der Waals surface area contributed by atoms with E-state index in [1.807, 2.05) is 18.1 Å². The lowest BCUT2D eigenvalue weighted by Crippen LogP contribution is -2.43. The van der Waals surface area contributed by atoms with E-state index in [-0.39, 0.29) is 0 Å². The Kier molecular flexibility index (Phi) is 2.94. The van der Waals surface area contributed by atoms with Crippen LogP contribution in [0.15, 0.2) is 24.4 Å². The van der Waals surface area contributed by atoms with E-state index in [2.05, 4.69) is 43.9 Å². The summed E-state index contributed by atoms with van der Waals surface area (Å²) in [5, 5.41) is 8.23. The van der Waals surface area contributed by atoms with Gasteiger partial charge in [-0.05, 0) is 24.5 Å². The zero-order valence-electron chi connectivity index (χ0n) is 9.89. The highest BCUT2D eigenvalue weighted by molar-refractivity contribution is 7.96. The second-order valence-corrected chi connectivity index (χ2v) is 5.12. The lowest BCUT2D eigenvalue weighted by Gasteiger charge is -2.34. The maximum Gasteiger partial charge on any atom is 0.0651 e. The van der Waals surface area contributed by atoms with Gasteiger partial charge in [-0.15, -0.1) is 0 Å². The zero-order chi connectivity index (χ0) is 11.7. The van der Waals surface area contributed by atoms with Crippen molar-refractivity contribution in [3.8, 4) is 0 Å². The fraction of sp³-hybridized carbons (Fsp3) is 0.417. The van der Waals surface area contributed by atoms with Gasteiger partial charge in [0.25, 0.3) is 0 Å².